The Bertz CT molecular complexity index is 200. The van der Waals surface area contributed by atoms with Crippen molar-refractivity contribution < 1.29 is 25.9 Å². The van der Waals surface area contributed by atoms with Crippen LogP contribution in [0.1, 0.15) is 6.42 Å². The van der Waals surface area contributed by atoms with E-state index in [2.05, 4.69) is 10.3 Å². The molecule has 1 amide bonds. The monoisotopic (exact) mass is 336 g/mol. The van der Waals surface area contributed by atoms with Crippen LogP contribution < -0.4 is 5.32 Å². The molecule has 0 saturated heterocycles. The van der Waals surface area contributed by atoms with Gasteiger partial charge < -0.3 is 14.7 Å². The van der Waals surface area contributed by atoms with E-state index in [1.165, 1.54) is 0 Å². The third kappa shape index (κ3) is 4.29. The minimum Gasteiger partial charge on any atom is -0.530 e. The first-order valence-electron chi connectivity index (χ1n) is 3.49. The molecule has 0 radical (unpaired) electrons. The zero-order valence-electron chi connectivity index (χ0n) is 6.56. The van der Waals surface area contributed by atoms with Gasteiger partial charge in [-0.1, -0.05) is 0 Å². The molecule has 0 spiro atoms. The Hall–Kier alpha value is -0.632. The average Bonchev–Trinajstić information content (AvgIpc) is 2.50. The molecule has 0 atom stereocenters. The molecule has 66 valence electrons. The van der Waals surface area contributed by atoms with Crippen LogP contribution in [0.4, 0.5) is 0 Å². The Morgan fingerprint density at radius 1 is 1.58 bits per heavy atom. The molecule has 4 nitrogen and oxygen atoms in total. The molecule has 0 aliphatic carbocycles. The Labute approximate surface area is 85.6 Å². The third-order valence-corrected chi connectivity index (χ3v) is 1.35. The van der Waals surface area contributed by atoms with Gasteiger partial charge in [-0.05, 0) is 13.0 Å². The van der Waals surface area contributed by atoms with Crippen LogP contribution in [0.15, 0.2) is 18.7 Å². The first kappa shape index (κ1) is 11.4. The fourth-order valence-corrected chi connectivity index (χ4v) is 0.820. The minimum absolute atomic E-state index is 0. The molecule has 12 heavy (non-hydrogen) atoms. The van der Waals surface area contributed by atoms with Crippen molar-refractivity contribution in [2.45, 2.75) is 13.0 Å². The van der Waals surface area contributed by atoms with Crippen molar-refractivity contribution in [1.29, 1.82) is 0 Å². The van der Waals surface area contributed by atoms with E-state index in [0.717, 1.165) is 13.0 Å². The summed E-state index contributed by atoms with van der Waals surface area (Å²) in [4.78, 5) is 13.6. The van der Waals surface area contributed by atoms with Gasteiger partial charge in [0.2, 0.25) is 0 Å². The molecule has 0 aromatic carbocycles. The Morgan fingerprint density at radius 3 is 3.00 bits per heavy atom. The number of nitrogens with zero attached hydrogens (tertiary/aromatic N) is 2. The average molecular weight is 336 g/mol. The van der Waals surface area contributed by atoms with Crippen LogP contribution in [0.2, 0.25) is 0 Å². The standard InChI is InChI=1S/C7H10N3O.W/c11-7-9-2-1-4-10-5-3-8-6-10;/h3,5-6H,1-2,4H2,(H,9,11);/q-1;. The minimum atomic E-state index is 0. The molecule has 0 unspecified atom stereocenters. The van der Waals surface area contributed by atoms with Gasteiger partial charge in [-0.15, -0.1) is 0 Å². The number of hydrogen-bond donors (Lipinski definition) is 1. The van der Waals surface area contributed by atoms with Gasteiger partial charge in [0, 0.05) is 40.0 Å². The SMILES string of the molecule is O=[C-]NCCCn1ccnc1.[W]. The van der Waals surface area contributed by atoms with Crippen molar-refractivity contribution in [3.8, 4) is 0 Å². The zero-order valence-corrected chi connectivity index (χ0v) is 9.50. The zero-order chi connectivity index (χ0) is 7.94. The summed E-state index contributed by atoms with van der Waals surface area (Å²) >= 11 is 0. The van der Waals surface area contributed by atoms with E-state index < -0.39 is 0 Å². The molecule has 1 N–H and O–H groups in total. The van der Waals surface area contributed by atoms with Crippen molar-refractivity contribution in [3.63, 3.8) is 0 Å². The van der Waals surface area contributed by atoms with Crippen molar-refractivity contribution in [2.24, 2.45) is 0 Å². The number of hydrogen-bond acceptors (Lipinski definition) is 2. The normalized spacial score (nSPS) is 8.67. The first-order chi connectivity index (χ1) is 5.43. The van der Waals surface area contributed by atoms with Crippen molar-refractivity contribution >= 4 is 6.41 Å². The van der Waals surface area contributed by atoms with E-state index in [9.17, 15) is 4.79 Å². The predicted molar refractivity (Wildman–Crippen MR) is 40.5 cm³/mol. The van der Waals surface area contributed by atoms with Gasteiger partial charge in [0.05, 0.1) is 6.33 Å². The van der Waals surface area contributed by atoms with E-state index in [1.807, 2.05) is 10.8 Å². The van der Waals surface area contributed by atoms with Gasteiger partial charge in [0.15, 0.2) is 0 Å². The summed E-state index contributed by atoms with van der Waals surface area (Å²) in [7, 11) is 0. The molecular weight excluding hydrogens is 326 g/mol. The molecule has 0 bridgehead atoms. The quantitative estimate of drug-likeness (QED) is 0.465. The third-order valence-electron chi connectivity index (χ3n) is 1.35. The number of carbonyl (C=O) groups excluding carboxylic acids is 1. The molecule has 1 rings (SSSR count). The van der Waals surface area contributed by atoms with E-state index >= 15 is 0 Å². The molecule has 0 saturated carbocycles. The summed E-state index contributed by atoms with van der Waals surface area (Å²) in [6, 6.07) is 0. The number of imidazole rings is 1. The number of rotatable bonds is 5. The molecule has 1 aromatic rings. The van der Waals surface area contributed by atoms with Crippen molar-refractivity contribution in [2.75, 3.05) is 6.54 Å². The largest absolute Gasteiger partial charge is 0.530 e. The van der Waals surface area contributed by atoms with Crippen LogP contribution in [-0.2, 0) is 32.4 Å². The predicted octanol–water partition coefficient (Wildman–Crippen LogP) is -0.0725. The Balaban J connectivity index is 0.00000121. The van der Waals surface area contributed by atoms with Crippen LogP contribution in [0.5, 0.6) is 0 Å². The van der Waals surface area contributed by atoms with E-state index in [1.54, 1.807) is 18.9 Å². The van der Waals surface area contributed by atoms with Gasteiger partial charge in [0.25, 0.3) is 0 Å². The Morgan fingerprint density at radius 2 is 2.42 bits per heavy atom. The first-order valence-corrected chi connectivity index (χ1v) is 3.49. The molecular formula is C7H10N3OW-. The van der Waals surface area contributed by atoms with Gasteiger partial charge in [0.1, 0.15) is 0 Å². The number of aryl methyl sites for hydroxylation is 1. The molecule has 0 aliphatic heterocycles. The second-order valence-corrected chi connectivity index (χ2v) is 2.18. The van der Waals surface area contributed by atoms with Crippen molar-refractivity contribution in [1.82, 2.24) is 14.9 Å². The van der Waals surface area contributed by atoms with Crippen LogP contribution in [-0.4, -0.2) is 22.5 Å². The maximum Gasteiger partial charge on any atom is 0.0945 e. The smallest absolute Gasteiger partial charge is 0.0945 e. The molecule has 0 aliphatic rings. The van der Waals surface area contributed by atoms with Gasteiger partial charge >= 0.3 is 0 Å². The maximum absolute atomic E-state index is 9.71. The maximum atomic E-state index is 9.71. The summed E-state index contributed by atoms with van der Waals surface area (Å²) < 4.78 is 1.96. The topological polar surface area (TPSA) is 46.9 Å². The number of nitrogens with one attached hydrogen (secondary N) is 1. The van der Waals surface area contributed by atoms with Gasteiger partial charge in [-0.2, -0.15) is 6.41 Å². The summed E-state index contributed by atoms with van der Waals surface area (Å²) in [6.45, 7) is 1.55. The summed E-state index contributed by atoms with van der Waals surface area (Å²) in [5.41, 5.74) is 0. The molecule has 0 fully saturated rings. The van der Waals surface area contributed by atoms with Crippen LogP contribution in [0.3, 0.4) is 0 Å². The van der Waals surface area contributed by atoms with Gasteiger partial charge in [-0.3, -0.25) is 0 Å². The summed E-state index contributed by atoms with van der Waals surface area (Å²) in [5.74, 6) is 0. The van der Waals surface area contributed by atoms with E-state index in [-0.39, 0.29) is 21.1 Å². The summed E-state index contributed by atoms with van der Waals surface area (Å²) in [5, 5.41) is 2.47. The van der Waals surface area contributed by atoms with E-state index in [0.29, 0.717) is 6.54 Å². The summed E-state index contributed by atoms with van der Waals surface area (Å²) in [6.07, 6.45) is 7.91. The molecule has 5 heteroatoms. The van der Waals surface area contributed by atoms with Crippen LogP contribution in [0, 0.1) is 0 Å². The van der Waals surface area contributed by atoms with Crippen LogP contribution >= 0.6 is 0 Å². The van der Waals surface area contributed by atoms with Crippen molar-refractivity contribution in [3.05, 3.63) is 18.7 Å². The Kier molecular flexibility index (Phi) is 6.67. The number of amides is 1. The number of aromatic nitrogens is 2. The van der Waals surface area contributed by atoms with Gasteiger partial charge in [-0.25, -0.2) is 4.98 Å². The fraction of sp³-hybridized carbons (Fsp3) is 0.429. The second kappa shape index (κ2) is 7.04. The van der Waals surface area contributed by atoms with Crippen LogP contribution in [0.25, 0.3) is 0 Å². The van der Waals surface area contributed by atoms with E-state index in [4.69, 9.17) is 0 Å². The second-order valence-electron chi connectivity index (χ2n) is 2.18. The molecule has 1 heterocycles. The molecule has 1 aromatic heterocycles. The fourth-order valence-electron chi connectivity index (χ4n) is 0.820.